The van der Waals surface area contributed by atoms with Gasteiger partial charge in [0.2, 0.25) is 5.91 Å². The van der Waals surface area contributed by atoms with Crippen LogP contribution in [-0.4, -0.2) is 35.7 Å². The van der Waals surface area contributed by atoms with E-state index in [1.807, 2.05) is 31.2 Å². The van der Waals surface area contributed by atoms with Crippen LogP contribution in [0.5, 0.6) is 0 Å². The van der Waals surface area contributed by atoms with Crippen molar-refractivity contribution in [1.82, 2.24) is 15.8 Å². The molecule has 0 aliphatic carbocycles. The predicted octanol–water partition coefficient (Wildman–Crippen LogP) is 0.307. The largest absolute Gasteiger partial charge is 0.334 e. The van der Waals surface area contributed by atoms with E-state index < -0.39 is 11.8 Å². The molecular weight excluding hydrogens is 270 g/mol. The van der Waals surface area contributed by atoms with Gasteiger partial charge in [-0.15, -0.1) is 0 Å². The number of benzene rings is 1. The quantitative estimate of drug-likeness (QED) is 0.607. The Morgan fingerprint density at radius 3 is 2.29 bits per heavy atom. The van der Waals surface area contributed by atoms with Gasteiger partial charge in [0.1, 0.15) is 0 Å². The molecular formula is C15H19N3O3. The molecule has 2 rings (SSSR count). The first kappa shape index (κ1) is 15.0. The summed E-state index contributed by atoms with van der Waals surface area (Å²) in [7, 11) is 0. The van der Waals surface area contributed by atoms with Gasteiger partial charge in [-0.05, 0) is 25.3 Å². The van der Waals surface area contributed by atoms with Gasteiger partial charge < -0.3 is 4.90 Å². The number of carbonyl (C=O) groups excluding carboxylic acids is 3. The molecule has 2 N–H and O–H groups in total. The summed E-state index contributed by atoms with van der Waals surface area (Å²) < 4.78 is 0. The number of amides is 3. The minimum absolute atomic E-state index is 0.151. The van der Waals surface area contributed by atoms with Crippen molar-refractivity contribution in [2.75, 3.05) is 13.1 Å². The topological polar surface area (TPSA) is 78.5 Å². The zero-order chi connectivity index (χ0) is 15.2. The van der Waals surface area contributed by atoms with Crippen molar-refractivity contribution in [3.05, 3.63) is 35.4 Å². The van der Waals surface area contributed by atoms with Gasteiger partial charge in [0.05, 0.1) is 6.42 Å². The summed E-state index contributed by atoms with van der Waals surface area (Å²) in [6, 6.07) is 7.54. The van der Waals surface area contributed by atoms with Crippen LogP contribution in [0.3, 0.4) is 0 Å². The Labute approximate surface area is 123 Å². The molecule has 1 heterocycles. The smallest absolute Gasteiger partial charge is 0.327 e. The zero-order valence-electron chi connectivity index (χ0n) is 12.0. The lowest BCUT2D eigenvalue weighted by atomic mass is 10.1. The Kier molecular flexibility index (Phi) is 4.92. The van der Waals surface area contributed by atoms with Crippen molar-refractivity contribution in [3.8, 4) is 0 Å². The highest BCUT2D eigenvalue weighted by atomic mass is 16.2. The number of hydrogen-bond acceptors (Lipinski definition) is 3. The number of nitrogens with zero attached hydrogens (tertiary/aromatic N) is 1. The number of carbonyl (C=O) groups is 3. The molecule has 0 saturated carbocycles. The molecule has 1 aromatic carbocycles. The van der Waals surface area contributed by atoms with Gasteiger partial charge >= 0.3 is 11.8 Å². The number of aryl methyl sites for hydroxylation is 1. The van der Waals surface area contributed by atoms with E-state index in [1.165, 1.54) is 4.90 Å². The van der Waals surface area contributed by atoms with Crippen LogP contribution >= 0.6 is 0 Å². The number of rotatable bonds is 2. The van der Waals surface area contributed by atoms with Gasteiger partial charge in [-0.3, -0.25) is 25.2 Å². The van der Waals surface area contributed by atoms with Gasteiger partial charge in [0, 0.05) is 13.1 Å². The lowest BCUT2D eigenvalue weighted by Gasteiger charge is -2.14. The number of nitrogens with one attached hydrogen (secondary N) is 2. The van der Waals surface area contributed by atoms with Gasteiger partial charge in [0.15, 0.2) is 0 Å². The summed E-state index contributed by atoms with van der Waals surface area (Å²) in [5.74, 6) is -1.75. The highest BCUT2D eigenvalue weighted by Crippen LogP contribution is 2.07. The number of hydrazine groups is 1. The fraction of sp³-hybridized carbons (Fsp3) is 0.400. The summed E-state index contributed by atoms with van der Waals surface area (Å²) in [6.45, 7) is 3.17. The highest BCUT2D eigenvalue weighted by Gasteiger charge is 2.24. The molecule has 0 spiro atoms. The van der Waals surface area contributed by atoms with E-state index in [0.717, 1.165) is 24.0 Å². The van der Waals surface area contributed by atoms with Crippen LogP contribution in [-0.2, 0) is 20.8 Å². The molecule has 0 unspecified atom stereocenters. The van der Waals surface area contributed by atoms with Crippen LogP contribution in [0.25, 0.3) is 0 Å². The third-order valence-corrected chi connectivity index (χ3v) is 3.39. The van der Waals surface area contributed by atoms with Crippen molar-refractivity contribution >= 4 is 17.7 Å². The zero-order valence-corrected chi connectivity index (χ0v) is 12.0. The van der Waals surface area contributed by atoms with Crippen molar-refractivity contribution in [2.45, 2.75) is 26.2 Å². The van der Waals surface area contributed by atoms with Crippen LogP contribution in [0.2, 0.25) is 0 Å². The van der Waals surface area contributed by atoms with Gasteiger partial charge in [0.25, 0.3) is 0 Å². The first-order valence-corrected chi connectivity index (χ1v) is 7.00. The van der Waals surface area contributed by atoms with Crippen LogP contribution in [0.15, 0.2) is 24.3 Å². The molecule has 1 fully saturated rings. The van der Waals surface area contributed by atoms with E-state index in [9.17, 15) is 14.4 Å². The Bertz CT molecular complexity index is 534. The maximum atomic E-state index is 11.7. The Hall–Kier alpha value is -2.37. The molecule has 1 aliphatic heterocycles. The van der Waals surface area contributed by atoms with Crippen molar-refractivity contribution < 1.29 is 14.4 Å². The summed E-state index contributed by atoms with van der Waals surface area (Å²) >= 11 is 0. The van der Waals surface area contributed by atoms with Gasteiger partial charge in [-0.1, -0.05) is 29.8 Å². The predicted molar refractivity (Wildman–Crippen MR) is 77.0 cm³/mol. The molecule has 6 nitrogen and oxygen atoms in total. The second-order valence-corrected chi connectivity index (χ2v) is 5.16. The summed E-state index contributed by atoms with van der Waals surface area (Å²) in [6.07, 6.45) is 1.98. The molecule has 1 saturated heterocycles. The molecule has 6 heteroatoms. The van der Waals surface area contributed by atoms with Crippen molar-refractivity contribution in [3.63, 3.8) is 0 Å². The van der Waals surface area contributed by atoms with E-state index in [1.54, 1.807) is 0 Å². The summed E-state index contributed by atoms with van der Waals surface area (Å²) in [4.78, 5) is 36.5. The summed E-state index contributed by atoms with van der Waals surface area (Å²) in [5, 5.41) is 0. The second kappa shape index (κ2) is 6.88. The second-order valence-electron chi connectivity index (χ2n) is 5.16. The molecule has 0 bridgehead atoms. The highest BCUT2D eigenvalue weighted by molar-refractivity contribution is 6.35. The molecule has 0 aromatic heterocycles. The normalized spacial score (nSPS) is 13.9. The minimum Gasteiger partial charge on any atom is -0.334 e. The van der Waals surface area contributed by atoms with E-state index in [-0.39, 0.29) is 12.3 Å². The third-order valence-electron chi connectivity index (χ3n) is 3.39. The summed E-state index contributed by atoms with van der Waals surface area (Å²) in [5.41, 5.74) is 6.39. The average Bonchev–Trinajstić information content (AvgIpc) is 3.00. The fourth-order valence-electron chi connectivity index (χ4n) is 2.18. The molecule has 21 heavy (non-hydrogen) atoms. The minimum atomic E-state index is -0.797. The van der Waals surface area contributed by atoms with Crippen molar-refractivity contribution in [1.29, 1.82) is 0 Å². The maximum Gasteiger partial charge on any atom is 0.327 e. The standard InChI is InChI=1S/C15H19N3O3/c1-11-4-6-12(7-5-11)10-13(19)16-17-14(20)15(21)18-8-2-3-9-18/h4-7H,2-3,8-10H2,1H3,(H,16,19)(H,17,20). The molecule has 1 aliphatic rings. The van der Waals surface area contributed by atoms with E-state index in [2.05, 4.69) is 10.9 Å². The van der Waals surface area contributed by atoms with E-state index >= 15 is 0 Å². The average molecular weight is 289 g/mol. The Balaban J connectivity index is 1.76. The number of likely N-dealkylation sites (tertiary alicyclic amines) is 1. The first-order valence-electron chi connectivity index (χ1n) is 7.00. The monoisotopic (exact) mass is 289 g/mol. The molecule has 0 radical (unpaired) electrons. The van der Waals surface area contributed by atoms with Crippen molar-refractivity contribution in [2.24, 2.45) is 0 Å². The van der Waals surface area contributed by atoms with Crippen LogP contribution < -0.4 is 10.9 Å². The first-order chi connectivity index (χ1) is 10.1. The third kappa shape index (κ3) is 4.30. The molecule has 1 aromatic rings. The van der Waals surface area contributed by atoms with Gasteiger partial charge in [-0.25, -0.2) is 0 Å². The Morgan fingerprint density at radius 1 is 1.05 bits per heavy atom. The van der Waals surface area contributed by atoms with Gasteiger partial charge in [-0.2, -0.15) is 0 Å². The number of hydrogen-bond donors (Lipinski definition) is 2. The van der Waals surface area contributed by atoms with Crippen LogP contribution in [0, 0.1) is 6.92 Å². The molecule has 3 amide bonds. The van der Waals surface area contributed by atoms with Crippen LogP contribution in [0.1, 0.15) is 24.0 Å². The maximum absolute atomic E-state index is 11.7. The van der Waals surface area contributed by atoms with Crippen LogP contribution in [0.4, 0.5) is 0 Å². The Morgan fingerprint density at radius 2 is 1.67 bits per heavy atom. The lowest BCUT2D eigenvalue weighted by Crippen LogP contribution is -2.49. The van der Waals surface area contributed by atoms with E-state index in [4.69, 9.17) is 0 Å². The lowest BCUT2D eigenvalue weighted by molar-refractivity contribution is -0.146. The molecule has 0 atom stereocenters. The fourth-order valence-corrected chi connectivity index (χ4v) is 2.18. The molecule has 112 valence electrons. The van der Waals surface area contributed by atoms with E-state index in [0.29, 0.717) is 13.1 Å². The SMILES string of the molecule is Cc1ccc(CC(=O)NNC(=O)C(=O)N2CCCC2)cc1.